The van der Waals surface area contributed by atoms with E-state index in [1.807, 2.05) is 12.1 Å². The first-order chi connectivity index (χ1) is 9.08. The van der Waals surface area contributed by atoms with Gasteiger partial charge in [-0.15, -0.1) is 11.3 Å². The van der Waals surface area contributed by atoms with Crippen molar-refractivity contribution in [3.8, 4) is 0 Å². The van der Waals surface area contributed by atoms with Crippen molar-refractivity contribution in [2.24, 2.45) is 5.73 Å². The van der Waals surface area contributed by atoms with Crippen LogP contribution in [-0.2, 0) is 6.54 Å². The van der Waals surface area contributed by atoms with Crippen molar-refractivity contribution in [3.63, 3.8) is 0 Å². The topological polar surface area (TPSA) is 55.1 Å². The van der Waals surface area contributed by atoms with E-state index >= 15 is 0 Å². The van der Waals surface area contributed by atoms with Crippen LogP contribution in [-0.4, -0.2) is 5.91 Å². The number of nitrogens with one attached hydrogen (secondary N) is 1. The zero-order valence-corrected chi connectivity index (χ0v) is 12.0. The Kier molecular flexibility index (Phi) is 4.35. The lowest BCUT2D eigenvalue weighted by Crippen LogP contribution is -2.18. The Hall–Kier alpha value is -1.65. The molecule has 3 N–H and O–H groups in total. The lowest BCUT2D eigenvalue weighted by atomic mass is 10.0. The number of primary amides is 1. The van der Waals surface area contributed by atoms with Crippen LogP contribution in [0, 0.1) is 6.92 Å². The first-order valence-electron chi connectivity index (χ1n) is 6.24. The van der Waals surface area contributed by atoms with Gasteiger partial charge in [-0.3, -0.25) is 4.79 Å². The molecule has 4 heteroatoms. The summed E-state index contributed by atoms with van der Waals surface area (Å²) in [6.07, 6.45) is 0. The molecule has 1 atom stereocenters. The van der Waals surface area contributed by atoms with Crippen LogP contribution in [0.25, 0.3) is 0 Å². The summed E-state index contributed by atoms with van der Waals surface area (Å²) in [4.78, 5) is 12.1. The van der Waals surface area contributed by atoms with Gasteiger partial charge in [0.1, 0.15) is 0 Å². The number of carbonyl (C=O) groups excluding carboxylic acids is 1. The van der Waals surface area contributed by atoms with Crippen molar-refractivity contribution >= 4 is 17.2 Å². The third kappa shape index (κ3) is 3.43. The Bertz CT molecular complexity index is 577. The van der Waals surface area contributed by atoms with Gasteiger partial charge in [0.15, 0.2) is 0 Å². The minimum absolute atomic E-state index is 0.278. The highest BCUT2D eigenvalue weighted by Gasteiger charge is 2.09. The van der Waals surface area contributed by atoms with E-state index in [2.05, 4.69) is 37.4 Å². The second kappa shape index (κ2) is 5.99. The maximum Gasteiger partial charge on any atom is 0.249 e. The van der Waals surface area contributed by atoms with E-state index in [9.17, 15) is 4.79 Å². The van der Waals surface area contributed by atoms with Gasteiger partial charge < -0.3 is 11.1 Å². The molecule has 2 aromatic rings. The van der Waals surface area contributed by atoms with Gasteiger partial charge in [-0.25, -0.2) is 0 Å². The Morgan fingerprint density at radius 2 is 2.16 bits per heavy atom. The number of aryl methyl sites for hydroxylation is 1. The summed E-state index contributed by atoms with van der Waals surface area (Å²) in [6, 6.07) is 10.5. The van der Waals surface area contributed by atoms with Crippen LogP contribution >= 0.6 is 11.3 Å². The van der Waals surface area contributed by atoms with Gasteiger partial charge in [0, 0.05) is 22.8 Å². The predicted molar refractivity (Wildman–Crippen MR) is 79.3 cm³/mol. The molecule has 0 aliphatic carbocycles. The number of amides is 1. The molecular formula is C15H18N2OS. The number of hydrogen-bond donors (Lipinski definition) is 2. The van der Waals surface area contributed by atoms with Crippen molar-refractivity contribution in [1.29, 1.82) is 0 Å². The molecule has 0 aliphatic heterocycles. The Labute approximate surface area is 117 Å². The molecule has 1 amide bonds. The van der Waals surface area contributed by atoms with E-state index in [-0.39, 0.29) is 11.9 Å². The third-order valence-electron chi connectivity index (χ3n) is 3.18. The largest absolute Gasteiger partial charge is 0.366 e. The molecule has 0 radical (unpaired) electrons. The van der Waals surface area contributed by atoms with Gasteiger partial charge in [-0.05, 0) is 31.0 Å². The highest BCUT2D eigenvalue weighted by Crippen LogP contribution is 2.19. The van der Waals surface area contributed by atoms with E-state index in [4.69, 9.17) is 5.73 Å². The molecule has 1 aromatic carbocycles. The molecule has 2 rings (SSSR count). The molecule has 1 heterocycles. The molecule has 3 nitrogen and oxygen atoms in total. The van der Waals surface area contributed by atoms with Crippen molar-refractivity contribution in [1.82, 2.24) is 5.32 Å². The van der Waals surface area contributed by atoms with Crippen LogP contribution in [0.3, 0.4) is 0 Å². The smallest absolute Gasteiger partial charge is 0.249 e. The molecular weight excluding hydrogens is 256 g/mol. The fourth-order valence-corrected chi connectivity index (χ4v) is 2.86. The SMILES string of the molecule is Cc1ccccc1C(C)NCc1cc(C(N)=O)cs1. The molecule has 0 aliphatic rings. The van der Waals surface area contributed by atoms with E-state index in [0.29, 0.717) is 5.56 Å². The first kappa shape index (κ1) is 13.8. The fraction of sp³-hybridized carbons (Fsp3) is 0.267. The zero-order chi connectivity index (χ0) is 13.8. The molecule has 1 unspecified atom stereocenters. The van der Waals surface area contributed by atoms with Crippen molar-refractivity contribution < 1.29 is 4.79 Å². The maximum atomic E-state index is 11.0. The molecule has 0 fully saturated rings. The van der Waals surface area contributed by atoms with E-state index in [1.165, 1.54) is 11.1 Å². The quantitative estimate of drug-likeness (QED) is 0.880. The maximum absolute atomic E-state index is 11.0. The minimum Gasteiger partial charge on any atom is -0.366 e. The summed E-state index contributed by atoms with van der Waals surface area (Å²) >= 11 is 1.56. The molecule has 0 saturated heterocycles. The normalized spacial score (nSPS) is 12.3. The average molecular weight is 274 g/mol. The Morgan fingerprint density at radius 3 is 2.79 bits per heavy atom. The number of hydrogen-bond acceptors (Lipinski definition) is 3. The summed E-state index contributed by atoms with van der Waals surface area (Å²) in [5.41, 5.74) is 8.41. The standard InChI is InChI=1S/C15H18N2OS/c1-10-5-3-4-6-14(10)11(2)17-8-13-7-12(9-19-13)15(16)18/h3-7,9,11,17H,8H2,1-2H3,(H2,16,18). The van der Waals surface area contributed by atoms with Crippen LogP contribution in [0.4, 0.5) is 0 Å². The summed E-state index contributed by atoms with van der Waals surface area (Å²) < 4.78 is 0. The van der Waals surface area contributed by atoms with Crippen LogP contribution in [0.1, 0.15) is 39.3 Å². The third-order valence-corrected chi connectivity index (χ3v) is 4.11. The summed E-state index contributed by atoms with van der Waals surface area (Å²) in [6.45, 7) is 5.00. The first-order valence-corrected chi connectivity index (χ1v) is 7.12. The highest BCUT2D eigenvalue weighted by atomic mass is 32.1. The molecule has 19 heavy (non-hydrogen) atoms. The van der Waals surface area contributed by atoms with Gasteiger partial charge in [0.05, 0.1) is 5.56 Å². The molecule has 0 bridgehead atoms. The summed E-state index contributed by atoms with van der Waals surface area (Å²) in [7, 11) is 0. The minimum atomic E-state index is -0.366. The fourth-order valence-electron chi connectivity index (χ4n) is 2.04. The van der Waals surface area contributed by atoms with Crippen molar-refractivity contribution in [2.45, 2.75) is 26.4 Å². The molecule has 1 aromatic heterocycles. The number of nitrogens with two attached hydrogens (primary N) is 1. The lowest BCUT2D eigenvalue weighted by molar-refractivity contribution is 0.100. The van der Waals surface area contributed by atoms with Crippen LogP contribution in [0.2, 0.25) is 0 Å². The summed E-state index contributed by atoms with van der Waals surface area (Å²) in [5, 5.41) is 5.27. The second-order valence-corrected chi connectivity index (χ2v) is 5.62. The van der Waals surface area contributed by atoms with Gasteiger partial charge in [-0.1, -0.05) is 24.3 Å². The monoisotopic (exact) mass is 274 g/mol. The van der Waals surface area contributed by atoms with E-state index in [1.54, 1.807) is 16.7 Å². The number of rotatable bonds is 5. The van der Waals surface area contributed by atoms with Gasteiger partial charge in [0.25, 0.3) is 0 Å². The van der Waals surface area contributed by atoms with E-state index < -0.39 is 0 Å². The van der Waals surface area contributed by atoms with Crippen LogP contribution in [0.15, 0.2) is 35.7 Å². The molecule has 100 valence electrons. The second-order valence-electron chi connectivity index (χ2n) is 4.63. The predicted octanol–water partition coefficient (Wildman–Crippen LogP) is 3.01. The Morgan fingerprint density at radius 1 is 1.42 bits per heavy atom. The van der Waals surface area contributed by atoms with Crippen LogP contribution < -0.4 is 11.1 Å². The van der Waals surface area contributed by atoms with Gasteiger partial charge in [-0.2, -0.15) is 0 Å². The van der Waals surface area contributed by atoms with Crippen molar-refractivity contribution in [2.75, 3.05) is 0 Å². The molecule has 0 saturated carbocycles. The highest BCUT2D eigenvalue weighted by molar-refractivity contribution is 7.10. The number of carbonyl (C=O) groups is 1. The zero-order valence-electron chi connectivity index (χ0n) is 11.1. The van der Waals surface area contributed by atoms with Crippen molar-refractivity contribution in [3.05, 3.63) is 57.3 Å². The number of thiophene rings is 1. The van der Waals surface area contributed by atoms with E-state index in [0.717, 1.165) is 11.4 Å². The molecule has 0 spiro atoms. The van der Waals surface area contributed by atoms with Gasteiger partial charge in [0.2, 0.25) is 5.91 Å². The lowest BCUT2D eigenvalue weighted by Gasteiger charge is -2.15. The van der Waals surface area contributed by atoms with Crippen LogP contribution in [0.5, 0.6) is 0 Å². The average Bonchev–Trinajstić information content (AvgIpc) is 2.85. The Balaban J connectivity index is 1.98. The number of benzene rings is 1. The van der Waals surface area contributed by atoms with Gasteiger partial charge >= 0.3 is 0 Å². The summed E-state index contributed by atoms with van der Waals surface area (Å²) in [5.74, 6) is -0.366.